The van der Waals surface area contributed by atoms with Gasteiger partial charge in [0, 0.05) is 27.8 Å². The van der Waals surface area contributed by atoms with Crippen LogP contribution in [0.15, 0.2) is 12.2 Å². The molecule has 19 heavy (non-hydrogen) atoms. The van der Waals surface area contributed by atoms with Gasteiger partial charge >= 0.3 is 0 Å². The lowest BCUT2D eigenvalue weighted by molar-refractivity contribution is -0.358. The van der Waals surface area contributed by atoms with Crippen molar-refractivity contribution in [3.05, 3.63) is 12.2 Å². The van der Waals surface area contributed by atoms with Gasteiger partial charge in [0.2, 0.25) is 0 Å². The van der Waals surface area contributed by atoms with E-state index in [-0.39, 0.29) is 0 Å². The maximum Gasteiger partial charge on any atom is 0.282 e. The Morgan fingerprint density at radius 3 is 2.05 bits per heavy atom. The topological polar surface area (TPSA) is 27.7 Å². The fraction of sp³-hybridized carbons (Fsp3) is 0.875. The summed E-state index contributed by atoms with van der Waals surface area (Å²) < 4.78 is 16.2. The van der Waals surface area contributed by atoms with E-state index >= 15 is 0 Å². The van der Waals surface area contributed by atoms with Crippen LogP contribution >= 0.6 is 0 Å². The number of hydrogen-bond donors (Lipinski definition) is 0. The van der Waals surface area contributed by atoms with Gasteiger partial charge in [0.25, 0.3) is 5.97 Å². The average molecular weight is 272 g/mol. The monoisotopic (exact) mass is 272 g/mol. The van der Waals surface area contributed by atoms with Crippen LogP contribution in [0.4, 0.5) is 0 Å². The van der Waals surface area contributed by atoms with Crippen LogP contribution < -0.4 is 0 Å². The summed E-state index contributed by atoms with van der Waals surface area (Å²) in [7, 11) is 4.89. The third-order valence-electron chi connectivity index (χ3n) is 3.52. The predicted octanol–water partition coefficient (Wildman–Crippen LogP) is 4.52. The Morgan fingerprint density at radius 1 is 0.947 bits per heavy atom. The molecular weight excluding hydrogens is 240 g/mol. The molecule has 0 aliphatic carbocycles. The molecule has 0 spiro atoms. The normalized spacial score (nSPS) is 14.2. The number of hydrogen-bond acceptors (Lipinski definition) is 3. The minimum atomic E-state index is -0.909. The second-order valence-electron chi connectivity index (χ2n) is 4.95. The van der Waals surface area contributed by atoms with E-state index in [1.165, 1.54) is 25.7 Å². The largest absolute Gasteiger partial charge is 0.331 e. The first-order valence-electron chi connectivity index (χ1n) is 7.50. The third-order valence-corrected chi connectivity index (χ3v) is 3.52. The molecule has 0 aromatic carbocycles. The van der Waals surface area contributed by atoms with Gasteiger partial charge in [-0.05, 0) is 18.8 Å². The van der Waals surface area contributed by atoms with Crippen LogP contribution in [0.5, 0.6) is 0 Å². The Morgan fingerprint density at radius 2 is 1.58 bits per heavy atom. The van der Waals surface area contributed by atoms with Crippen molar-refractivity contribution >= 4 is 0 Å². The molecule has 0 aromatic heterocycles. The lowest BCUT2D eigenvalue weighted by atomic mass is 9.95. The van der Waals surface area contributed by atoms with E-state index in [2.05, 4.69) is 26.0 Å². The minimum absolute atomic E-state index is 0.441. The Kier molecular flexibility index (Phi) is 11.2. The maximum atomic E-state index is 5.40. The number of methoxy groups -OCH3 is 3. The highest BCUT2D eigenvalue weighted by Gasteiger charge is 2.32. The molecule has 3 nitrogen and oxygen atoms in total. The van der Waals surface area contributed by atoms with Crippen LogP contribution in [-0.2, 0) is 14.2 Å². The van der Waals surface area contributed by atoms with E-state index < -0.39 is 5.97 Å². The van der Waals surface area contributed by atoms with Crippen molar-refractivity contribution in [3.8, 4) is 0 Å². The molecule has 0 aliphatic heterocycles. The zero-order chi connectivity index (χ0) is 14.6. The van der Waals surface area contributed by atoms with E-state index in [9.17, 15) is 0 Å². The van der Waals surface area contributed by atoms with Crippen LogP contribution in [0.25, 0.3) is 0 Å². The quantitative estimate of drug-likeness (QED) is 0.297. The van der Waals surface area contributed by atoms with E-state index in [1.54, 1.807) is 21.3 Å². The molecule has 0 radical (unpaired) electrons. The predicted molar refractivity (Wildman–Crippen MR) is 80.1 cm³/mol. The van der Waals surface area contributed by atoms with E-state index in [0.29, 0.717) is 5.92 Å². The highest BCUT2D eigenvalue weighted by Crippen LogP contribution is 2.27. The highest BCUT2D eigenvalue weighted by atomic mass is 16.9. The molecule has 114 valence electrons. The smallest absolute Gasteiger partial charge is 0.282 e. The maximum absolute atomic E-state index is 5.40. The van der Waals surface area contributed by atoms with Gasteiger partial charge in [0.05, 0.1) is 0 Å². The number of unbranched alkanes of at least 4 members (excludes halogenated alkanes) is 3. The van der Waals surface area contributed by atoms with Gasteiger partial charge < -0.3 is 14.2 Å². The van der Waals surface area contributed by atoms with Crippen molar-refractivity contribution in [3.63, 3.8) is 0 Å². The fourth-order valence-corrected chi connectivity index (χ4v) is 2.25. The Hall–Kier alpha value is -0.380. The second-order valence-corrected chi connectivity index (χ2v) is 4.95. The number of ether oxygens (including phenoxy) is 3. The molecule has 0 N–H and O–H groups in total. The molecule has 0 saturated carbocycles. The van der Waals surface area contributed by atoms with Gasteiger partial charge in [-0.15, -0.1) is 0 Å². The first-order chi connectivity index (χ1) is 9.17. The lowest BCUT2D eigenvalue weighted by Gasteiger charge is -2.31. The standard InChI is InChI=1S/C16H32O3/c1-6-8-10-11-13-15(12-9-7-2)14-16(17-3,18-4)19-5/h9,12,15H,6-8,10-11,13-14H2,1-5H3. The Balaban J connectivity index is 4.43. The summed E-state index contributed by atoms with van der Waals surface area (Å²) in [4.78, 5) is 0. The molecule has 1 unspecified atom stereocenters. The first kappa shape index (κ1) is 18.6. The number of allylic oxidation sites excluding steroid dienone is 2. The second kappa shape index (κ2) is 11.4. The van der Waals surface area contributed by atoms with Gasteiger partial charge in [-0.25, -0.2) is 0 Å². The fourth-order valence-electron chi connectivity index (χ4n) is 2.25. The Bertz CT molecular complexity index is 214. The molecule has 0 rings (SSSR count). The van der Waals surface area contributed by atoms with Crippen LogP contribution in [-0.4, -0.2) is 27.3 Å². The third kappa shape index (κ3) is 7.71. The molecule has 0 fully saturated rings. The summed E-state index contributed by atoms with van der Waals surface area (Å²) >= 11 is 0. The van der Waals surface area contributed by atoms with Gasteiger partial charge in [0.1, 0.15) is 0 Å². The summed E-state index contributed by atoms with van der Waals surface area (Å²) in [5.41, 5.74) is 0. The molecule has 0 heterocycles. The van der Waals surface area contributed by atoms with Gasteiger partial charge in [-0.3, -0.25) is 0 Å². The van der Waals surface area contributed by atoms with Gasteiger partial charge in [0.15, 0.2) is 0 Å². The molecule has 0 amide bonds. The molecule has 0 bridgehead atoms. The SMILES string of the molecule is CCC=CC(CCCCCC)CC(OC)(OC)OC. The summed E-state index contributed by atoms with van der Waals surface area (Å²) in [5.74, 6) is -0.468. The Labute approximate surface area is 119 Å². The van der Waals surface area contributed by atoms with Gasteiger partial charge in [-0.2, -0.15) is 0 Å². The molecule has 0 saturated heterocycles. The lowest BCUT2D eigenvalue weighted by Crippen LogP contribution is -2.37. The van der Waals surface area contributed by atoms with Crippen LogP contribution in [0.1, 0.15) is 58.8 Å². The molecule has 0 aromatic rings. The van der Waals surface area contributed by atoms with Crippen molar-refractivity contribution in [2.45, 2.75) is 64.8 Å². The van der Waals surface area contributed by atoms with E-state index in [4.69, 9.17) is 14.2 Å². The molecule has 1 atom stereocenters. The van der Waals surface area contributed by atoms with Crippen molar-refractivity contribution < 1.29 is 14.2 Å². The first-order valence-corrected chi connectivity index (χ1v) is 7.50. The van der Waals surface area contributed by atoms with E-state index in [1.807, 2.05) is 0 Å². The minimum Gasteiger partial charge on any atom is -0.331 e. The summed E-state index contributed by atoms with van der Waals surface area (Å²) in [6.45, 7) is 4.39. The number of rotatable bonds is 12. The summed E-state index contributed by atoms with van der Waals surface area (Å²) in [6.07, 6.45) is 12.6. The zero-order valence-corrected chi connectivity index (χ0v) is 13.4. The van der Waals surface area contributed by atoms with Crippen molar-refractivity contribution in [1.29, 1.82) is 0 Å². The highest BCUT2D eigenvalue weighted by molar-refractivity contribution is 4.89. The molecule has 3 heteroatoms. The molecule has 0 aliphatic rings. The van der Waals surface area contributed by atoms with Crippen molar-refractivity contribution in [2.24, 2.45) is 5.92 Å². The van der Waals surface area contributed by atoms with Crippen LogP contribution in [0.3, 0.4) is 0 Å². The van der Waals surface area contributed by atoms with Crippen LogP contribution in [0, 0.1) is 5.92 Å². The molecular formula is C16H32O3. The van der Waals surface area contributed by atoms with E-state index in [0.717, 1.165) is 19.3 Å². The van der Waals surface area contributed by atoms with Gasteiger partial charge in [-0.1, -0.05) is 51.7 Å². The summed E-state index contributed by atoms with van der Waals surface area (Å²) in [5, 5.41) is 0. The average Bonchev–Trinajstić information content (AvgIpc) is 2.46. The van der Waals surface area contributed by atoms with Crippen molar-refractivity contribution in [2.75, 3.05) is 21.3 Å². The van der Waals surface area contributed by atoms with Crippen molar-refractivity contribution in [1.82, 2.24) is 0 Å². The summed E-state index contributed by atoms with van der Waals surface area (Å²) in [6, 6.07) is 0. The zero-order valence-electron chi connectivity index (χ0n) is 13.4. The van der Waals surface area contributed by atoms with Crippen LogP contribution in [0.2, 0.25) is 0 Å².